The molecule has 2 rings (SSSR count). The lowest BCUT2D eigenvalue weighted by Crippen LogP contribution is -2.07. The number of ether oxygens (including phenoxy) is 1. The van der Waals surface area contributed by atoms with Crippen molar-refractivity contribution in [3.63, 3.8) is 0 Å². The SMILES string of the molecule is CCn1cccc1CNc1ccc([N+](=O)[O-])cc1OC. The van der Waals surface area contributed by atoms with Crippen molar-refractivity contribution in [2.75, 3.05) is 12.4 Å². The van der Waals surface area contributed by atoms with Crippen LogP contribution in [-0.2, 0) is 13.1 Å². The zero-order valence-corrected chi connectivity index (χ0v) is 11.5. The van der Waals surface area contributed by atoms with E-state index in [1.54, 1.807) is 6.07 Å². The van der Waals surface area contributed by atoms with E-state index in [1.165, 1.54) is 19.2 Å². The van der Waals surface area contributed by atoms with E-state index in [1.807, 2.05) is 18.3 Å². The van der Waals surface area contributed by atoms with Crippen molar-refractivity contribution in [1.29, 1.82) is 0 Å². The first-order chi connectivity index (χ1) is 9.65. The fraction of sp³-hybridized carbons (Fsp3) is 0.286. The Kier molecular flexibility index (Phi) is 4.24. The van der Waals surface area contributed by atoms with E-state index >= 15 is 0 Å². The summed E-state index contributed by atoms with van der Waals surface area (Å²) < 4.78 is 7.32. The topological polar surface area (TPSA) is 69.3 Å². The van der Waals surface area contributed by atoms with E-state index in [0.29, 0.717) is 12.3 Å². The molecule has 0 amide bonds. The molecule has 0 saturated carbocycles. The number of anilines is 1. The summed E-state index contributed by atoms with van der Waals surface area (Å²) in [4.78, 5) is 10.3. The Morgan fingerprint density at radius 3 is 2.85 bits per heavy atom. The number of methoxy groups -OCH3 is 1. The molecule has 6 nitrogen and oxygen atoms in total. The van der Waals surface area contributed by atoms with Crippen molar-refractivity contribution in [3.8, 4) is 5.75 Å². The summed E-state index contributed by atoms with van der Waals surface area (Å²) in [7, 11) is 1.50. The molecule has 0 spiro atoms. The average Bonchev–Trinajstić information content (AvgIpc) is 2.92. The average molecular weight is 275 g/mol. The van der Waals surface area contributed by atoms with Crippen molar-refractivity contribution < 1.29 is 9.66 Å². The van der Waals surface area contributed by atoms with Gasteiger partial charge in [-0.25, -0.2) is 0 Å². The highest BCUT2D eigenvalue weighted by atomic mass is 16.6. The Morgan fingerprint density at radius 2 is 2.20 bits per heavy atom. The Bertz CT molecular complexity index is 607. The zero-order valence-electron chi connectivity index (χ0n) is 11.5. The van der Waals surface area contributed by atoms with E-state index in [-0.39, 0.29) is 5.69 Å². The van der Waals surface area contributed by atoms with Gasteiger partial charge in [-0.3, -0.25) is 10.1 Å². The minimum absolute atomic E-state index is 0.0179. The van der Waals surface area contributed by atoms with Crippen LogP contribution in [0.25, 0.3) is 0 Å². The Balaban J connectivity index is 2.15. The number of nitrogens with one attached hydrogen (secondary N) is 1. The van der Waals surface area contributed by atoms with Gasteiger partial charge in [-0.2, -0.15) is 0 Å². The third-order valence-electron chi connectivity index (χ3n) is 3.12. The van der Waals surface area contributed by atoms with Crippen LogP contribution in [0.1, 0.15) is 12.6 Å². The van der Waals surface area contributed by atoms with E-state index in [9.17, 15) is 10.1 Å². The number of nitrogens with zero attached hydrogens (tertiary/aromatic N) is 2. The van der Waals surface area contributed by atoms with Crippen LogP contribution in [0.2, 0.25) is 0 Å². The normalized spacial score (nSPS) is 10.3. The lowest BCUT2D eigenvalue weighted by Gasteiger charge is -2.12. The number of non-ortho nitro benzene ring substituents is 1. The summed E-state index contributed by atoms with van der Waals surface area (Å²) >= 11 is 0. The number of nitro groups is 1. The zero-order chi connectivity index (χ0) is 14.5. The predicted octanol–water partition coefficient (Wildman–Crippen LogP) is 3.04. The van der Waals surface area contributed by atoms with Gasteiger partial charge in [0.25, 0.3) is 5.69 Å². The molecule has 0 saturated heterocycles. The Hall–Kier alpha value is -2.50. The Morgan fingerprint density at radius 1 is 1.40 bits per heavy atom. The second-order valence-electron chi connectivity index (χ2n) is 4.28. The predicted molar refractivity (Wildman–Crippen MR) is 77.1 cm³/mol. The first-order valence-electron chi connectivity index (χ1n) is 6.36. The number of rotatable bonds is 6. The van der Waals surface area contributed by atoms with Gasteiger partial charge in [-0.05, 0) is 25.1 Å². The molecule has 1 aromatic carbocycles. The highest BCUT2D eigenvalue weighted by molar-refractivity contribution is 5.60. The molecule has 0 atom stereocenters. The number of aromatic nitrogens is 1. The lowest BCUT2D eigenvalue weighted by atomic mass is 10.2. The summed E-state index contributed by atoms with van der Waals surface area (Å²) in [6, 6.07) is 8.57. The maximum absolute atomic E-state index is 10.7. The molecule has 0 unspecified atom stereocenters. The van der Waals surface area contributed by atoms with Crippen molar-refractivity contribution in [2.45, 2.75) is 20.0 Å². The molecule has 0 aliphatic carbocycles. The molecular formula is C14H17N3O3. The smallest absolute Gasteiger partial charge is 0.273 e. The molecule has 2 aromatic rings. The second kappa shape index (κ2) is 6.10. The van der Waals surface area contributed by atoms with Gasteiger partial charge < -0.3 is 14.6 Å². The maximum atomic E-state index is 10.7. The van der Waals surface area contributed by atoms with E-state index in [2.05, 4.69) is 16.8 Å². The van der Waals surface area contributed by atoms with Gasteiger partial charge in [-0.1, -0.05) is 0 Å². The maximum Gasteiger partial charge on any atom is 0.273 e. The van der Waals surface area contributed by atoms with Gasteiger partial charge in [0, 0.05) is 24.5 Å². The van der Waals surface area contributed by atoms with E-state index < -0.39 is 4.92 Å². The van der Waals surface area contributed by atoms with Crippen LogP contribution < -0.4 is 10.1 Å². The van der Waals surface area contributed by atoms with Crippen molar-refractivity contribution >= 4 is 11.4 Å². The van der Waals surface area contributed by atoms with Crippen LogP contribution in [0.5, 0.6) is 5.75 Å². The summed E-state index contributed by atoms with van der Waals surface area (Å²) in [5.41, 5.74) is 1.90. The monoisotopic (exact) mass is 275 g/mol. The molecule has 0 aliphatic heterocycles. The molecule has 0 bridgehead atoms. The molecule has 1 heterocycles. The molecule has 1 N–H and O–H groups in total. The van der Waals surface area contributed by atoms with Crippen molar-refractivity contribution in [3.05, 3.63) is 52.3 Å². The lowest BCUT2D eigenvalue weighted by molar-refractivity contribution is -0.384. The van der Waals surface area contributed by atoms with Crippen LogP contribution in [0.3, 0.4) is 0 Å². The summed E-state index contributed by atoms with van der Waals surface area (Å²) in [6.45, 7) is 3.62. The fourth-order valence-electron chi connectivity index (χ4n) is 2.04. The minimum atomic E-state index is -0.436. The van der Waals surface area contributed by atoms with Crippen molar-refractivity contribution in [2.24, 2.45) is 0 Å². The first-order valence-corrected chi connectivity index (χ1v) is 6.36. The first kappa shape index (κ1) is 13.9. The number of hydrogen-bond acceptors (Lipinski definition) is 4. The molecule has 20 heavy (non-hydrogen) atoms. The van der Waals surface area contributed by atoms with Gasteiger partial charge in [0.15, 0.2) is 0 Å². The molecule has 106 valence electrons. The molecular weight excluding hydrogens is 258 g/mol. The molecule has 0 radical (unpaired) electrons. The fourth-order valence-corrected chi connectivity index (χ4v) is 2.04. The molecule has 0 fully saturated rings. The molecule has 6 heteroatoms. The van der Waals surface area contributed by atoms with Gasteiger partial charge in [0.05, 0.1) is 30.3 Å². The summed E-state index contributed by atoms with van der Waals surface area (Å²) in [5, 5.41) is 14.0. The third-order valence-corrected chi connectivity index (χ3v) is 3.12. The van der Waals surface area contributed by atoms with Crippen LogP contribution in [0.15, 0.2) is 36.5 Å². The van der Waals surface area contributed by atoms with E-state index in [0.717, 1.165) is 17.9 Å². The number of hydrogen-bond donors (Lipinski definition) is 1. The van der Waals surface area contributed by atoms with Crippen LogP contribution in [-0.4, -0.2) is 16.6 Å². The number of aryl methyl sites for hydroxylation is 1. The standard InChI is InChI=1S/C14H17N3O3/c1-3-16-8-4-5-12(16)10-15-13-7-6-11(17(18)19)9-14(13)20-2/h4-9,15H,3,10H2,1-2H3. The molecule has 0 aliphatic rings. The highest BCUT2D eigenvalue weighted by Crippen LogP contribution is 2.29. The quantitative estimate of drug-likeness (QED) is 0.650. The van der Waals surface area contributed by atoms with Crippen LogP contribution in [0.4, 0.5) is 11.4 Å². The van der Waals surface area contributed by atoms with Crippen LogP contribution >= 0.6 is 0 Å². The number of benzene rings is 1. The van der Waals surface area contributed by atoms with Crippen molar-refractivity contribution in [1.82, 2.24) is 4.57 Å². The largest absolute Gasteiger partial charge is 0.494 e. The van der Waals surface area contributed by atoms with Gasteiger partial charge >= 0.3 is 0 Å². The minimum Gasteiger partial charge on any atom is -0.494 e. The highest BCUT2D eigenvalue weighted by Gasteiger charge is 2.11. The summed E-state index contributed by atoms with van der Waals surface area (Å²) in [6.07, 6.45) is 2.02. The Labute approximate surface area is 117 Å². The van der Waals surface area contributed by atoms with Gasteiger partial charge in [-0.15, -0.1) is 0 Å². The third kappa shape index (κ3) is 2.90. The van der Waals surface area contributed by atoms with E-state index in [4.69, 9.17) is 4.74 Å². The van der Waals surface area contributed by atoms with Crippen LogP contribution in [0, 0.1) is 10.1 Å². The molecule has 1 aromatic heterocycles. The summed E-state index contributed by atoms with van der Waals surface area (Å²) in [5.74, 6) is 0.466. The second-order valence-corrected chi connectivity index (χ2v) is 4.28. The number of nitro benzene ring substituents is 1. The van der Waals surface area contributed by atoms with Gasteiger partial charge in [0.1, 0.15) is 5.75 Å². The van der Waals surface area contributed by atoms with Gasteiger partial charge in [0.2, 0.25) is 0 Å².